The first-order valence-electron chi connectivity index (χ1n) is 3.60. The van der Waals surface area contributed by atoms with Crippen molar-refractivity contribution in [1.29, 1.82) is 0 Å². The van der Waals surface area contributed by atoms with Gasteiger partial charge in [-0.15, -0.1) is 0 Å². The van der Waals surface area contributed by atoms with Crippen LogP contribution in [-0.2, 0) is 4.79 Å². The second kappa shape index (κ2) is 7.01. The molecule has 1 unspecified atom stereocenters. The van der Waals surface area contributed by atoms with Crippen LogP contribution in [0.25, 0.3) is 0 Å². The average Bonchev–Trinajstić information content (AvgIpc) is 2.00. The summed E-state index contributed by atoms with van der Waals surface area (Å²) >= 11 is 4.60. The van der Waals surface area contributed by atoms with Gasteiger partial charge in [-0.25, -0.2) is 0 Å². The number of thiol groups is 1. The SMILES string of the molecule is C[Se]CCC(C)NC(=O)CS. The number of carbonyl (C=O) groups is 1. The van der Waals surface area contributed by atoms with E-state index in [1.54, 1.807) is 0 Å². The van der Waals surface area contributed by atoms with Gasteiger partial charge in [0.05, 0.1) is 0 Å². The number of amides is 1. The van der Waals surface area contributed by atoms with Gasteiger partial charge in [-0.1, -0.05) is 0 Å². The predicted octanol–water partition coefficient (Wildman–Crippen LogP) is 0.982. The Morgan fingerprint density at radius 1 is 1.73 bits per heavy atom. The molecule has 0 aliphatic rings. The molecule has 0 radical (unpaired) electrons. The Hall–Kier alpha value is 0.339. The van der Waals surface area contributed by atoms with Gasteiger partial charge in [0.1, 0.15) is 0 Å². The van der Waals surface area contributed by atoms with E-state index in [2.05, 4.69) is 23.8 Å². The molecule has 2 nitrogen and oxygen atoms in total. The monoisotopic (exact) mass is 241 g/mol. The number of nitrogens with one attached hydrogen (secondary N) is 1. The molecule has 1 atom stereocenters. The van der Waals surface area contributed by atoms with Gasteiger partial charge < -0.3 is 0 Å². The van der Waals surface area contributed by atoms with E-state index in [1.165, 1.54) is 5.32 Å². The van der Waals surface area contributed by atoms with Crippen LogP contribution in [-0.4, -0.2) is 32.7 Å². The second-order valence-electron chi connectivity index (χ2n) is 2.41. The van der Waals surface area contributed by atoms with Crippen LogP contribution in [0.5, 0.6) is 0 Å². The Morgan fingerprint density at radius 3 is 2.82 bits per heavy atom. The van der Waals surface area contributed by atoms with Crippen LogP contribution >= 0.6 is 12.6 Å². The van der Waals surface area contributed by atoms with Crippen molar-refractivity contribution in [2.24, 2.45) is 0 Å². The van der Waals surface area contributed by atoms with Crippen molar-refractivity contribution in [2.75, 3.05) is 5.75 Å². The van der Waals surface area contributed by atoms with E-state index in [4.69, 9.17) is 0 Å². The molecule has 0 heterocycles. The molecule has 66 valence electrons. The van der Waals surface area contributed by atoms with E-state index in [0.717, 1.165) is 21.4 Å². The molecule has 0 aliphatic carbocycles. The number of hydrogen-bond acceptors (Lipinski definition) is 2. The quantitative estimate of drug-likeness (QED) is 0.544. The van der Waals surface area contributed by atoms with Crippen LogP contribution in [0.15, 0.2) is 0 Å². The fourth-order valence-corrected chi connectivity index (χ4v) is 2.01. The summed E-state index contributed by atoms with van der Waals surface area (Å²) < 4.78 is 0. The average molecular weight is 240 g/mol. The summed E-state index contributed by atoms with van der Waals surface area (Å²) in [7, 11) is 0. The molecular formula is C7H15NOSSe. The summed E-state index contributed by atoms with van der Waals surface area (Å²) in [4.78, 5) is 10.8. The van der Waals surface area contributed by atoms with E-state index < -0.39 is 0 Å². The zero-order valence-corrected chi connectivity index (χ0v) is 9.57. The molecule has 0 aromatic rings. The maximum absolute atomic E-state index is 10.8. The summed E-state index contributed by atoms with van der Waals surface area (Å²) in [5.41, 5.74) is 0. The first kappa shape index (κ1) is 11.3. The molecular weight excluding hydrogens is 225 g/mol. The molecule has 0 aliphatic heterocycles. The fraction of sp³-hybridized carbons (Fsp3) is 0.857. The maximum atomic E-state index is 10.8. The Labute approximate surface area is 80.1 Å². The van der Waals surface area contributed by atoms with Gasteiger partial charge in [0.2, 0.25) is 0 Å². The standard InChI is InChI=1S/C7H15NOSSe/c1-6(3-4-11-2)8-7(9)5-10/h6,10H,3-5H2,1-2H3,(H,8,9). The molecule has 4 heteroatoms. The number of hydrogen-bond donors (Lipinski definition) is 2. The molecule has 0 rings (SSSR count). The third-order valence-corrected chi connectivity index (χ3v) is 2.94. The summed E-state index contributed by atoms with van der Waals surface area (Å²) in [6.45, 7) is 2.03. The molecule has 0 bridgehead atoms. The zero-order chi connectivity index (χ0) is 8.69. The van der Waals surface area contributed by atoms with Crippen molar-refractivity contribution >= 4 is 33.5 Å². The van der Waals surface area contributed by atoms with Gasteiger partial charge in [-0.2, -0.15) is 0 Å². The fourth-order valence-electron chi connectivity index (χ4n) is 0.687. The molecule has 0 aromatic heterocycles. The minimum atomic E-state index is 0.0319. The van der Waals surface area contributed by atoms with Crippen molar-refractivity contribution in [2.45, 2.75) is 30.5 Å². The van der Waals surface area contributed by atoms with Gasteiger partial charge in [-0.3, -0.25) is 0 Å². The predicted molar refractivity (Wildman–Crippen MR) is 52.5 cm³/mol. The summed E-state index contributed by atoms with van der Waals surface area (Å²) in [5.74, 6) is 2.53. The van der Waals surface area contributed by atoms with E-state index in [0.29, 0.717) is 11.8 Å². The van der Waals surface area contributed by atoms with Crippen molar-refractivity contribution in [3.05, 3.63) is 0 Å². The summed E-state index contributed by atoms with van der Waals surface area (Å²) in [6.07, 6.45) is 1.09. The third-order valence-electron chi connectivity index (χ3n) is 1.31. The van der Waals surface area contributed by atoms with Crippen LogP contribution in [0.4, 0.5) is 0 Å². The molecule has 0 saturated heterocycles. The van der Waals surface area contributed by atoms with Gasteiger partial charge >= 0.3 is 79.9 Å². The Balaban J connectivity index is 3.35. The molecule has 0 fully saturated rings. The van der Waals surface area contributed by atoms with Gasteiger partial charge in [-0.05, 0) is 0 Å². The van der Waals surface area contributed by atoms with Gasteiger partial charge in [0, 0.05) is 0 Å². The molecule has 0 spiro atoms. The minimum absolute atomic E-state index is 0.0319. The van der Waals surface area contributed by atoms with Crippen LogP contribution in [0.2, 0.25) is 11.1 Å². The molecule has 0 saturated carbocycles. The van der Waals surface area contributed by atoms with Crippen molar-refractivity contribution < 1.29 is 4.79 Å². The molecule has 1 N–H and O–H groups in total. The first-order valence-corrected chi connectivity index (χ1v) is 7.15. The van der Waals surface area contributed by atoms with Crippen LogP contribution in [0.1, 0.15) is 13.3 Å². The van der Waals surface area contributed by atoms with Crippen molar-refractivity contribution in [3.8, 4) is 0 Å². The van der Waals surface area contributed by atoms with Crippen LogP contribution < -0.4 is 5.32 Å². The first-order chi connectivity index (χ1) is 5.20. The van der Waals surface area contributed by atoms with E-state index in [1.807, 2.05) is 6.92 Å². The van der Waals surface area contributed by atoms with Crippen LogP contribution in [0, 0.1) is 0 Å². The van der Waals surface area contributed by atoms with Crippen molar-refractivity contribution in [1.82, 2.24) is 5.32 Å². The van der Waals surface area contributed by atoms with Gasteiger partial charge in [0.25, 0.3) is 0 Å². The van der Waals surface area contributed by atoms with E-state index in [-0.39, 0.29) is 5.91 Å². The Kier molecular flexibility index (Phi) is 7.23. The Morgan fingerprint density at radius 2 is 2.36 bits per heavy atom. The van der Waals surface area contributed by atoms with E-state index in [9.17, 15) is 4.79 Å². The van der Waals surface area contributed by atoms with Crippen molar-refractivity contribution in [3.63, 3.8) is 0 Å². The number of carbonyl (C=O) groups excluding carboxylic acids is 1. The zero-order valence-electron chi connectivity index (χ0n) is 6.96. The molecule has 0 aromatic carbocycles. The summed E-state index contributed by atoms with van der Waals surface area (Å²) in [5, 5.41) is 4.10. The second-order valence-corrected chi connectivity index (χ2v) is 4.79. The van der Waals surface area contributed by atoms with E-state index >= 15 is 0 Å². The van der Waals surface area contributed by atoms with Gasteiger partial charge in [0.15, 0.2) is 0 Å². The normalized spacial score (nSPS) is 12.6. The molecule has 11 heavy (non-hydrogen) atoms. The Bertz CT molecular complexity index is 121. The number of rotatable bonds is 5. The van der Waals surface area contributed by atoms with Crippen LogP contribution in [0.3, 0.4) is 0 Å². The topological polar surface area (TPSA) is 29.1 Å². The third kappa shape index (κ3) is 6.73. The summed E-state index contributed by atoms with van der Waals surface area (Å²) in [6, 6.07) is 0.316. The molecule has 1 amide bonds.